The predicted molar refractivity (Wildman–Crippen MR) is 81.6 cm³/mol. The average molecular weight is 306 g/mol. The van der Waals surface area contributed by atoms with Crippen LogP contribution in [0, 0.1) is 0 Å². The van der Waals surface area contributed by atoms with E-state index in [1.807, 2.05) is 24.3 Å². The van der Waals surface area contributed by atoms with E-state index in [1.165, 1.54) is 17.0 Å². The number of aromatic hydroxyl groups is 2. The Balaban J connectivity index is 2.19. The molecule has 0 aliphatic rings. The van der Waals surface area contributed by atoms with Crippen molar-refractivity contribution in [2.75, 3.05) is 7.05 Å². The summed E-state index contributed by atoms with van der Waals surface area (Å²) in [6.45, 7) is 0.391. The number of rotatable bonds is 4. The van der Waals surface area contributed by atoms with Crippen molar-refractivity contribution in [2.24, 2.45) is 0 Å². The van der Waals surface area contributed by atoms with Crippen LogP contribution in [-0.2, 0) is 12.4 Å². The van der Waals surface area contributed by atoms with E-state index < -0.39 is 0 Å². The van der Waals surface area contributed by atoms with Crippen molar-refractivity contribution >= 4 is 17.5 Å². The normalized spacial score (nSPS) is 10.4. The van der Waals surface area contributed by atoms with Gasteiger partial charge in [0, 0.05) is 25.5 Å². The summed E-state index contributed by atoms with van der Waals surface area (Å²) in [6.07, 6.45) is 0. The second-order valence-corrected chi connectivity index (χ2v) is 5.03. The maximum absolute atomic E-state index is 12.3. The molecule has 0 radical (unpaired) electrons. The first-order chi connectivity index (χ1) is 10.0. The molecule has 0 bridgehead atoms. The van der Waals surface area contributed by atoms with Crippen molar-refractivity contribution in [3.05, 3.63) is 59.2 Å². The van der Waals surface area contributed by atoms with E-state index >= 15 is 0 Å². The van der Waals surface area contributed by atoms with E-state index in [-0.39, 0.29) is 23.0 Å². The number of amides is 1. The average Bonchev–Trinajstić information content (AvgIpc) is 2.47. The highest BCUT2D eigenvalue weighted by Crippen LogP contribution is 2.24. The predicted octanol–water partition coefficient (Wildman–Crippen LogP) is 3.11. The lowest BCUT2D eigenvalue weighted by molar-refractivity contribution is 0.0782. The highest BCUT2D eigenvalue weighted by molar-refractivity contribution is 6.17. The van der Waals surface area contributed by atoms with Gasteiger partial charge in [0.2, 0.25) is 0 Å². The van der Waals surface area contributed by atoms with Crippen LogP contribution in [0.4, 0.5) is 0 Å². The summed E-state index contributed by atoms with van der Waals surface area (Å²) >= 11 is 5.88. The summed E-state index contributed by atoms with van der Waals surface area (Å²) < 4.78 is 0. The second kappa shape index (κ2) is 6.50. The van der Waals surface area contributed by atoms with Gasteiger partial charge in [-0.3, -0.25) is 4.79 Å². The van der Waals surface area contributed by atoms with Crippen LogP contribution < -0.4 is 0 Å². The Hall–Kier alpha value is -2.20. The number of benzene rings is 2. The summed E-state index contributed by atoms with van der Waals surface area (Å²) in [5.74, 6) is -0.267. The Morgan fingerprint density at radius 1 is 1.14 bits per heavy atom. The Labute approximate surface area is 128 Å². The SMILES string of the molecule is CN(Cc1ccccc1CCl)C(=O)c1ccc(O)cc1O. The zero-order valence-corrected chi connectivity index (χ0v) is 12.3. The van der Waals surface area contributed by atoms with Crippen molar-refractivity contribution in [1.29, 1.82) is 0 Å². The van der Waals surface area contributed by atoms with Gasteiger partial charge in [-0.2, -0.15) is 0 Å². The summed E-state index contributed by atoms with van der Waals surface area (Å²) in [5.41, 5.74) is 2.08. The molecule has 0 aliphatic heterocycles. The molecule has 4 nitrogen and oxygen atoms in total. The number of phenols is 2. The van der Waals surface area contributed by atoms with E-state index in [9.17, 15) is 15.0 Å². The van der Waals surface area contributed by atoms with Gasteiger partial charge in [-0.15, -0.1) is 11.6 Å². The first-order valence-electron chi connectivity index (χ1n) is 6.43. The van der Waals surface area contributed by atoms with Crippen molar-refractivity contribution in [3.63, 3.8) is 0 Å². The van der Waals surface area contributed by atoms with Crippen molar-refractivity contribution in [3.8, 4) is 11.5 Å². The molecule has 2 rings (SSSR count). The van der Waals surface area contributed by atoms with Crippen LogP contribution >= 0.6 is 11.6 Å². The highest BCUT2D eigenvalue weighted by atomic mass is 35.5. The minimum atomic E-state index is -0.322. The molecule has 0 aliphatic carbocycles. The highest BCUT2D eigenvalue weighted by Gasteiger charge is 2.17. The third kappa shape index (κ3) is 3.47. The minimum absolute atomic E-state index is 0.0841. The Bertz CT molecular complexity index is 658. The van der Waals surface area contributed by atoms with Crippen LogP contribution in [0.25, 0.3) is 0 Å². The molecule has 21 heavy (non-hydrogen) atoms. The molecule has 0 aromatic heterocycles. The molecular formula is C16H16ClNO3. The fraction of sp³-hybridized carbons (Fsp3) is 0.188. The molecule has 0 unspecified atom stereocenters. The quantitative estimate of drug-likeness (QED) is 0.853. The van der Waals surface area contributed by atoms with Gasteiger partial charge < -0.3 is 15.1 Å². The molecule has 2 aromatic carbocycles. The number of phenolic OH excluding ortho intramolecular Hbond substituents is 2. The molecule has 0 atom stereocenters. The van der Waals surface area contributed by atoms with Gasteiger partial charge in [-0.25, -0.2) is 0 Å². The summed E-state index contributed by atoms with van der Waals surface area (Å²) in [6, 6.07) is 11.5. The fourth-order valence-electron chi connectivity index (χ4n) is 2.08. The number of alkyl halides is 1. The monoisotopic (exact) mass is 305 g/mol. The van der Waals surface area contributed by atoms with E-state index in [4.69, 9.17) is 11.6 Å². The molecule has 2 N–H and O–H groups in total. The summed E-state index contributed by atoms with van der Waals surface area (Å²) in [5, 5.41) is 19.0. The first kappa shape index (κ1) is 15.2. The van der Waals surface area contributed by atoms with Crippen molar-refractivity contribution < 1.29 is 15.0 Å². The van der Waals surface area contributed by atoms with Crippen LogP contribution in [0.2, 0.25) is 0 Å². The molecule has 0 fully saturated rings. The topological polar surface area (TPSA) is 60.8 Å². The number of halogens is 1. The van der Waals surface area contributed by atoms with Crippen LogP contribution in [0.3, 0.4) is 0 Å². The molecule has 5 heteroatoms. The van der Waals surface area contributed by atoms with Crippen molar-refractivity contribution in [1.82, 2.24) is 4.90 Å². The van der Waals surface area contributed by atoms with E-state index in [1.54, 1.807) is 7.05 Å². The van der Waals surface area contributed by atoms with Gasteiger partial charge in [0.05, 0.1) is 5.56 Å². The third-order valence-corrected chi connectivity index (χ3v) is 3.52. The third-order valence-electron chi connectivity index (χ3n) is 3.23. The number of hydrogen-bond acceptors (Lipinski definition) is 3. The molecule has 1 amide bonds. The summed E-state index contributed by atoms with van der Waals surface area (Å²) in [4.78, 5) is 13.8. The smallest absolute Gasteiger partial charge is 0.257 e. The minimum Gasteiger partial charge on any atom is -0.508 e. The Kier molecular flexibility index (Phi) is 4.70. The van der Waals surface area contributed by atoms with Crippen LogP contribution in [0.15, 0.2) is 42.5 Å². The lowest BCUT2D eigenvalue weighted by Gasteiger charge is -2.19. The molecule has 0 heterocycles. The largest absolute Gasteiger partial charge is 0.508 e. The van der Waals surface area contributed by atoms with Gasteiger partial charge in [-0.05, 0) is 23.3 Å². The summed E-state index contributed by atoms with van der Waals surface area (Å²) in [7, 11) is 1.65. The second-order valence-electron chi connectivity index (χ2n) is 4.77. The van der Waals surface area contributed by atoms with E-state index in [0.29, 0.717) is 12.4 Å². The molecule has 0 saturated heterocycles. The molecule has 0 spiro atoms. The van der Waals surface area contributed by atoms with Gasteiger partial charge in [0.15, 0.2) is 0 Å². The van der Waals surface area contributed by atoms with Crippen LogP contribution in [0.5, 0.6) is 11.5 Å². The van der Waals surface area contributed by atoms with Gasteiger partial charge >= 0.3 is 0 Å². The van der Waals surface area contributed by atoms with E-state index in [2.05, 4.69) is 0 Å². The van der Waals surface area contributed by atoms with Gasteiger partial charge in [0.25, 0.3) is 5.91 Å². The molecular weight excluding hydrogens is 290 g/mol. The maximum atomic E-state index is 12.3. The van der Waals surface area contributed by atoms with Crippen molar-refractivity contribution in [2.45, 2.75) is 12.4 Å². The maximum Gasteiger partial charge on any atom is 0.257 e. The Morgan fingerprint density at radius 3 is 2.43 bits per heavy atom. The standard InChI is InChI=1S/C16H16ClNO3/c1-18(10-12-5-3-2-4-11(12)9-17)16(21)14-7-6-13(19)8-15(14)20/h2-8,19-20H,9-10H2,1H3. The lowest BCUT2D eigenvalue weighted by Crippen LogP contribution is -2.26. The van der Waals surface area contributed by atoms with E-state index in [0.717, 1.165) is 17.2 Å². The fourth-order valence-corrected chi connectivity index (χ4v) is 2.34. The number of carbonyl (C=O) groups excluding carboxylic acids is 1. The number of carbonyl (C=O) groups is 1. The first-order valence-corrected chi connectivity index (χ1v) is 6.96. The molecule has 110 valence electrons. The Morgan fingerprint density at radius 2 is 1.81 bits per heavy atom. The van der Waals surface area contributed by atoms with Gasteiger partial charge in [-0.1, -0.05) is 24.3 Å². The van der Waals surface area contributed by atoms with Gasteiger partial charge in [0.1, 0.15) is 11.5 Å². The number of hydrogen-bond donors (Lipinski definition) is 2. The zero-order valence-electron chi connectivity index (χ0n) is 11.6. The lowest BCUT2D eigenvalue weighted by atomic mass is 10.1. The van der Waals surface area contributed by atoms with Crippen LogP contribution in [0.1, 0.15) is 21.5 Å². The zero-order chi connectivity index (χ0) is 15.4. The molecule has 2 aromatic rings. The number of nitrogens with zero attached hydrogens (tertiary/aromatic N) is 1. The van der Waals surface area contributed by atoms with Crippen LogP contribution in [-0.4, -0.2) is 28.1 Å². The molecule has 0 saturated carbocycles.